The number of para-hydroxylation sites is 1. The average molecular weight is 252 g/mol. The van der Waals surface area contributed by atoms with Crippen molar-refractivity contribution in [2.24, 2.45) is 0 Å². The van der Waals surface area contributed by atoms with Crippen LogP contribution in [0.5, 0.6) is 0 Å². The molecule has 1 aromatic carbocycles. The number of aromatic nitrogens is 3. The van der Waals surface area contributed by atoms with Crippen molar-refractivity contribution in [1.82, 2.24) is 9.55 Å². The van der Waals surface area contributed by atoms with Gasteiger partial charge in [-0.15, -0.1) is 0 Å². The van der Waals surface area contributed by atoms with Crippen molar-refractivity contribution in [3.8, 4) is 0 Å². The number of pyridine rings is 1. The Labute approximate surface area is 110 Å². The molecule has 0 bridgehead atoms. The van der Waals surface area contributed by atoms with E-state index < -0.39 is 0 Å². The molecule has 0 saturated heterocycles. The first-order chi connectivity index (χ1) is 9.34. The third kappa shape index (κ3) is 2.38. The summed E-state index contributed by atoms with van der Waals surface area (Å²) in [5.74, 6) is 0. The number of hydrogen-bond acceptors (Lipinski definition) is 2. The van der Waals surface area contributed by atoms with Crippen LogP contribution in [0.2, 0.25) is 0 Å². The zero-order valence-electron chi connectivity index (χ0n) is 10.4. The van der Waals surface area contributed by atoms with E-state index in [1.165, 1.54) is 0 Å². The lowest BCUT2D eigenvalue weighted by Gasteiger charge is -2.04. The fourth-order valence-electron chi connectivity index (χ4n) is 2.07. The van der Waals surface area contributed by atoms with Crippen molar-refractivity contribution in [3.05, 3.63) is 71.5 Å². The second kappa shape index (κ2) is 5.02. The van der Waals surface area contributed by atoms with Gasteiger partial charge in [0.2, 0.25) is 0 Å². The molecule has 0 aliphatic heterocycles. The molecule has 0 amide bonds. The minimum absolute atomic E-state index is 0.0159. The van der Waals surface area contributed by atoms with Crippen molar-refractivity contribution in [3.63, 3.8) is 0 Å². The van der Waals surface area contributed by atoms with E-state index in [2.05, 4.69) is 4.98 Å². The van der Waals surface area contributed by atoms with Gasteiger partial charge < -0.3 is 0 Å². The highest BCUT2D eigenvalue weighted by Gasteiger charge is 2.05. The molecule has 0 saturated carbocycles. The molecule has 0 spiro atoms. The minimum Gasteiger partial charge on any atom is -0.292 e. The van der Waals surface area contributed by atoms with E-state index >= 15 is 0 Å². The van der Waals surface area contributed by atoms with Gasteiger partial charge in [-0.3, -0.25) is 9.36 Å². The zero-order chi connectivity index (χ0) is 13.1. The molecule has 0 aliphatic rings. The van der Waals surface area contributed by atoms with Crippen LogP contribution in [0.3, 0.4) is 0 Å². The van der Waals surface area contributed by atoms with Gasteiger partial charge in [-0.05, 0) is 12.1 Å². The zero-order valence-corrected chi connectivity index (χ0v) is 10.4. The van der Waals surface area contributed by atoms with Gasteiger partial charge in [0.1, 0.15) is 0 Å². The molecule has 3 rings (SSSR count). The van der Waals surface area contributed by atoms with E-state index in [9.17, 15) is 4.79 Å². The first-order valence-corrected chi connectivity index (χ1v) is 6.23. The summed E-state index contributed by atoms with van der Waals surface area (Å²) in [4.78, 5) is 16.6. The number of fused-ring (bicyclic) bond motifs is 1. The molecule has 0 aliphatic carbocycles. The molecule has 0 atom stereocenters. The number of hydrogen-bond donors (Lipinski definition) is 0. The van der Waals surface area contributed by atoms with Crippen LogP contribution in [0.1, 0.15) is 0 Å². The number of nitrogens with zero attached hydrogens (tertiary/aromatic N) is 3. The van der Waals surface area contributed by atoms with Crippen LogP contribution in [-0.4, -0.2) is 9.55 Å². The SMILES string of the molecule is O=c1c2ccccc2ncn1CC[n+]1ccccc1. The summed E-state index contributed by atoms with van der Waals surface area (Å²) in [5, 5.41) is 0.670. The molecule has 4 heteroatoms. The predicted octanol–water partition coefficient (Wildman–Crippen LogP) is 1.38. The monoisotopic (exact) mass is 252 g/mol. The van der Waals surface area contributed by atoms with Crippen molar-refractivity contribution in [2.45, 2.75) is 13.1 Å². The van der Waals surface area contributed by atoms with Gasteiger partial charge in [-0.1, -0.05) is 18.2 Å². The lowest BCUT2D eigenvalue weighted by molar-refractivity contribution is -0.698. The number of benzene rings is 1. The van der Waals surface area contributed by atoms with Gasteiger partial charge in [-0.25, -0.2) is 9.55 Å². The molecule has 0 fully saturated rings. The number of aryl methyl sites for hydroxylation is 2. The van der Waals surface area contributed by atoms with Crippen molar-refractivity contribution >= 4 is 10.9 Å². The maximum absolute atomic E-state index is 12.3. The Balaban J connectivity index is 1.90. The van der Waals surface area contributed by atoms with E-state index in [0.717, 1.165) is 12.1 Å². The second-order valence-corrected chi connectivity index (χ2v) is 4.37. The van der Waals surface area contributed by atoms with Crippen LogP contribution < -0.4 is 10.1 Å². The lowest BCUT2D eigenvalue weighted by atomic mass is 10.2. The first kappa shape index (κ1) is 11.6. The quantitative estimate of drug-likeness (QED) is 0.661. The normalized spacial score (nSPS) is 10.7. The molecule has 0 N–H and O–H groups in total. The highest BCUT2D eigenvalue weighted by atomic mass is 16.1. The first-order valence-electron chi connectivity index (χ1n) is 6.23. The van der Waals surface area contributed by atoms with Gasteiger partial charge in [0, 0.05) is 12.1 Å². The van der Waals surface area contributed by atoms with Crippen LogP contribution >= 0.6 is 0 Å². The smallest absolute Gasteiger partial charge is 0.261 e. The Kier molecular flexibility index (Phi) is 3.06. The largest absolute Gasteiger partial charge is 0.292 e. The minimum atomic E-state index is 0.0159. The molecule has 0 unspecified atom stereocenters. The van der Waals surface area contributed by atoms with E-state index in [1.54, 1.807) is 10.9 Å². The van der Waals surface area contributed by atoms with Crippen molar-refractivity contribution in [2.75, 3.05) is 0 Å². The summed E-state index contributed by atoms with van der Waals surface area (Å²) in [6.07, 6.45) is 5.59. The molecule has 0 radical (unpaired) electrons. The topological polar surface area (TPSA) is 38.8 Å². The summed E-state index contributed by atoms with van der Waals surface area (Å²) >= 11 is 0. The summed E-state index contributed by atoms with van der Waals surface area (Å²) in [6, 6.07) is 13.3. The van der Waals surface area contributed by atoms with Crippen LogP contribution in [0.15, 0.2) is 66.0 Å². The van der Waals surface area contributed by atoms with E-state index in [-0.39, 0.29) is 5.56 Å². The third-order valence-corrected chi connectivity index (χ3v) is 3.11. The van der Waals surface area contributed by atoms with E-state index in [1.807, 2.05) is 59.4 Å². The molecular formula is C15H14N3O+. The fraction of sp³-hybridized carbons (Fsp3) is 0.133. The Hall–Kier alpha value is -2.49. The summed E-state index contributed by atoms with van der Waals surface area (Å²) in [7, 11) is 0. The van der Waals surface area contributed by atoms with Gasteiger partial charge in [-0.2, -0.15) is 0 Å². The molecule has 2 aromatic heterocycles. The highest BCUT2D eigenvalue weighted by Crippen LogP contribution is 2.04. The molecule has 2 heterocycles. The Morgan fingerprint density at radius 3 is 2.68 bits per heavy atom. The Bertz CT molecular complexity index is 750. The van der Waals surface area contributed by atoms with Crippen LogP contribution in [0.4, 0.5) is 0 Å². The molecule has 3 aromatic rings. The maximum atomic E-state index is 12.3. The van der Waals surface area contributed by atoms with Gasteiger partial charge in [0.15, 0.2) is 18.9 Å². The standard InChI is InChI=1S/C15H14N3O/c19-15-13-6-2-3-7-14(13)16-12-18(15)11-10-17-8-4-1-5-9-17/h1-9,12H,10-11H2/q+1. The van der Waals surface area contributed by atoms with Crippen LogP contribution in [0.25, 0.3) is 10.9 Å². The Morgan fingerprint density at radius 2 is 1.84 bits per heavy atom. The fourth-order valence-corrected chi connectivity index (χ4v) is 2.07. The van der Waals surface area contributed by atoms with Crippen molar-refractivity contribution in [1.29, 1.82) is 0 Å². The molecular weight excluding hydrogens is 238 g/mol. The average Bonchev–Trinajstić information content (AvgIpc) is 2.48. The van der Waals surface area contributed by atoms with E-state index in [0.29, 0.717) is 11.9 Å². The Morgan fingerprint density at radius 1 is 1.05 bits per heavy atom. The molecule has 4 nitrogen and oxygen atoms in total. The van der Waals surface area contributed by atoms with Crippen molar-refractivity contribution < 1.29 is 4.57 Å². The van der Waals surface area contributed by atoms with Crippen LogP contribution in [0, 0.1) is 0 Å². The second-order valence-electron chi connectivity index (χ2n) is 4.37. The van der Waals surface area contributed by atoms with E-state index in [4.69, 9.17) is 0 Å². The molecule has 19 heavy (non-hydrogen) atoms. The van der Waals surface area contributed by atoms with Gasteiger partial charge in [0.05, 0.1) is 23.8 Å². The summed E-state index contributed by atoms with van der Waals surface area (Å²) in [5.41, 5.74) is 0.762. The van der Waals surface area contributed by atoms with Crippen LogP contribution in [-0.2, 0) is 13.1 Å². The number of rotatable bonds is 3. The summed E-state index contributed by atoms with van der Waals surface area (Å²) < 4.78 is 3.70. The predicted molar refractivity (Wildman–Crippen MR) is 72.6 cm³/mol. The maximum Gasteiger partial charge on any atom is 0.261 e. The summed E-state index contributed by atoms with van der Waals surface area (Å²) in [6.45, 7) is 1.37. The highest BCUT2D eigenvalue weighted by molar-refractivity contribution is 5.76. The third-order valence-electron chi connectivity index (χ3n) is 3.11. The van der Waals surface area contributed by atoms with Gasteiger partial charge >= 0.3 is 0 Å². The molecule has 94 valence electrons. The van der Waals surface area contributed by atoms with Gasteiger partial charge in [0.25, 0.3) is 5.56 Å². The lowest BCUT2D eigenvalue weighted by Crippen LogP contribution is -2.36.